The standard InChI is InChI=1S/C20H25FN4S2/c1-13-19(16(11-26)14-4-5-18(27-3)17(21)10-14)22-12-23-20(13)24-15-6-8-25(2)9-7-15/h4-5,10-12,15,26H,6-9H2,1-3H3,(H,22,23,24)/b16-11-. The zero-order valence-electron chi connectivity index (χ0n) is 15.9. The van der Waals surface area contributed by atoms with Crippen LogP contribution in [0.4, 0.5) is 10.2 Å². The Bertz CT molecular complexity index is 833. The van der Waals surface area contributed by atoms with E-state index in [4.69, 9.17) is 0 Å². The topological polar surface area (TPSA) is 41.1 Å². The van der Waals surface area contributed by atoms with Gasteiger partial charge in [0.05, 0.1) is 5.69 Å². The number of likely N-dealkylation sites (tertiary alicyclic amines) is 1. The lowest BCUT2D eigenvalue weighted by Gasteiger charge is -2.30. The summed E-state index contributed by atoms with van der Waals surface area (Å²) in [4.78, 5) is 11.9. The molecule has 0 bridgehead atoms. The molecule has 4 nitrogen and oxygen atoms in total. The number of benzene rings is 1. The first-order valence-corrected chi connectivity index (χ1v) is 10.7. The number of thioether (sulfide) groups is 1. The summed E-state index contributed by atoms with van der Waals surface area (Å²) in [5, 5.41) is 5.25. The molecule has 7 heteroatoms. The van der Waals surface area contributed by atoms with Crippen LogP contribution in [0.3, 0.4) is 0 Å². The fourth-order valence-corrected chi connectivity index (χ4v) is 4.05. The first kappa shape index (κ1) is 20.2. The number of halogens is 1. The number of anilines is 1. The van der Waals surface area contributed by atoms with Crippen molar-refractivity contribution < 1.29 is 4.39 Å². The van der Waals surface area contributed by atoms with Gasteiger partial charge in [-0.1, -0.05) is 6.07 Å². The summed E-state index contributed by atoms with van der Waals surface area (Å²) >= 11 is 5.76. The highest BCUT2D eigenvalue weighted by atomic mass is 32.2. The molecule has 0 aliphatic carbocycles. The highest BCUT2D eigenvalue weighted by molar-refractivity contribution is 7.98. The third kappa shape index (κ3) is 4.65. The van der Waals surface area contributed by atoms with E-state index in [0.717, 1.165) is 54.1 Å². The zero-order valence-corrected chi connectivity index (χ0v) is 17.6. The molecule has 1 saturated heterocycles. The Morgan fingerprint density at radius 2 is 2.07 bits per heavy atom. The van der Waals surface area contributed by atoms with E-state index < -0.39 is 0 Å². The zero-order chi connectivity index (χ0) is 19.4. The lowest BCUT2D eigenvalue weighted by Crippen LogP contribution is -2.37. The van der Waals surface area contributed by atoms with E-state index in [1.807, 2.05) is 19.2 Å². The van der Waals surface area contributed by atoms with Crippen molar-refractivity contribution in [3.8, 4) is 0 Å². The summed E-state index contributed by atoms with van der Waals surface area (Å²) in [7, 11) is 2.15. The molecule has 0 amide bonds. The van der Waals surface area contributed by atoms with E-state index >= 15 is 0 Å². The third-order valence-electron chi connectivity index (χ3n) is 4.99. The van der Waals surface area contributed by atoms with Crippen LogP contribution < -0.4 is 5.32 Å². The van der Waals surface area contributed by atoms with Gasteiger partial charge in [0.2, 0.25) is 0 Å². The lowest BCUT2D eigenvalue weighted by atomic mass is 10.00. The Morgan fingerprint density at radius 1 is 1.33 bits per heavy atom. The molecular formula is C20H25FN4S2. The van der Waals surface area contributed by atoms with Crippen LogP contribution in [0, 0.1) is 12.7 Å². The van der Waals surface area contributed by atoms with Gasteiger partial charge in [0.25, 0.3) is 0 Å². The van der Waals surface area contributed by atoms with Crippen LogP contribution >= 0.6 is 24.4 Å². The smallest absolute Gasteiger partial charge is 0.137 e. The molecule has 1 N–H and O–H groups in total. The average molecular weight is 405 g/mol. The molecule has 0 saturated carbocycles. The number of piperidine rings is 1. The number of hydrogen-bond donors (Lipinski definition) is 2. The van der Waals surface area contributed by atoms with Gasteiger partial charge < -0.3 is 10.2 Å². The Kier molecular flexibility index (Phi) is 6.78. The van der Waals surface area contributed by atoms with E-state index in [1.54, 1.807) is 23.9 Å². The SMILES string of the molecule is CSc1ccc(/C(=C/S)c2ncnc(NC3CCN(C)CC3)c2C)cc1F. The molecule has 0 radical (unpaired) electrons. The van der Waals surface area contributed by atoms with E-state index in [0.29, 0.717) is 10.9 Å². The maximum atomic E-state index is 14.3. The minimum absolute atomic E-state index is 0.232. The molecule has 2 aromatic rings. The molecule has 0 unspecified atom stereocenters. The molecule has 144 valence electrons. The van der Waals surface area contributed by atoms with Gasteiger partial charge in [0.15, 0.2) is 0 Å². The van der Waals surface area contributed by atoms with Crippen molar-refractivity contribution in [3.63, 3.8) is 0 Å². The van der Waals surface area contributed by atoms with Gasteiger partial charge in [-0.2, -0.15) is 12.6 Å². The molecule has 1 aliphatic rings. The summed E-state index contributed by atoms with van der Waals surface area (Å²) in [5.41, 5.74) is 3.27. The first-order valence-electron chi connectivity index (χ1n) is 8.98. The van der Waals surface area contributed by atoms with Crippen molar-refractivity contribution in [3.05, 3.63) is 52.6 Å². The molecule has 3 rings (SSSR count). The number of aromatic nitrogens is 2. The van der Waals surface area contributed by atoms with Crippen LogP contribution in [0.2, 0.25) is 0 Å². The minimum atomic E-state index is -0.232. The van der Waals surface area contributed by atoms with Gasteiger partial charge in [0, 0.05) is 22.1 Å². The molecule has 0 atom stereocenters. The summed E-state index contributed by atoms with van der Waals surface area (Å²) in [6.07, 6.45) is 5.60. The molecule has 1 aliphatic heterocycles. The maximum absolute atomic E-state index is 14.3. The molecule has 27 heavy (non-hydrogen) atoms. The van der Waals surface area contributed by atoms with Crippen LogP contribution in [-0.2, 0) is 0 Å². The van der Waals surface area contributed by atoms with Crippen LogP contribution in [0.15, 0.2) is 34.8 Å². The van der Waals surface area contributed by atoms with Gasteiger partial charge in [-0.15, -0.1) is 11.8 Å². The van der Waals surface area contributed by atoms with E-state index in [2.05, 4.69) is 39.9 Å². The van der Waals surface area contributed by atoms with Crippen LogP contribution in [0.25, 0.3) is 5.57 Å². The second-order valence-electron chi connectivity index (χ2n) is 6.81. The van der Waals surface area contributed by atoms with Crippen molar-refractivity contribution in [2.45, 2.75) is 30.7 Å². The molecule has 1 aromatic heterocycles. The number of hydrogen-bond acceptors (Lipinski definition) is 6. The first-order chi connectivity index (χ1) is 13.0. The average Bonchev–Trinajstić information content (AvgIpc) is 2.67. The Balaban J connectivity index is 1.88. The highest BCUT2D eigenvalue weighted by Crippen LogP contribution is 2.31. The van der Waals surface area contributed by atoms with Gasteiger partial charge in [-0.25, -0.2) is 14.4 Å². The van der Waals surface area contributed by atoms with Gasteiger partial charge in [0.1, 0.15) is 18.0 Å². The lowest BCUT2D eigenvalue weighted by molar-refractivity contribution is 0.263. The number of nitrogens with one attached hydrogen (secondary N) is 1. The summed E-state index contributed by atoms with van der Waals surface area (Å²) < 4.78 is 14.3. The van der Waals surface area contributed by atoms with Gasteiger partial charge in [-0.05, 0) is 69.3 Å². The van der Waals surface area contributed by atoms with Crippen molar-refractivity contribution >= 4 is 35.8 Å². The quantitative estimate of drug-likeness (QED) is 0.568. The van der Waals surface area contributed by atoms with Crippen molar-refractivity contribution in [2.75, 3.05) is 31.7 Å². The third-order valence-corrected chi connectivity index (χ3v) is 6.02. The molecule has 1 aromatic carbocycles. The van der Waals surface area contributed by atoms with Crippen molar-refractivity contribution in [1.82, 2.24) is 14.9 Å². The monoisotopic (exact) mass is 404 g/mol. The second-order valence-corrected chi connectivity index (χ2v) is 7.92. The van der Waals surface area contributed by atoms with E-state index in [9.17, 15) is 4.39 Å². The normalized spacial score (nSPS) is 16.6. The largest absolute Gasteiger partial charge is 0.367 e. The predicted molar refractivity (Wildman–Crippen MR) is 115 cm³/mol. The molecular weight excluding hydrogens is 379 g/mol. The fourth-order valence-electron chi connectivity index (χ4n) is 3.32. The van der Waals surface area contributed by atoms with E-state index in [1.165, 1.54) is 11.8 Å². The summed E-state index contributed by atoms with van der Waals surface area (Å²) in [5.74, 6) is 0.604. The van der Waals surface area contributed by atoms with Crippen molar-refractivity contribution in [1.29, 1.82) is 0 Å². The minimum Gasteiger partial charge on any atom is -0.367 e. The maximum Gasteiger partial charge on any atom is 0.137 e. The number of thiol groups is 1. The predicted octanol–water partition coefficient (Wildman–Crippen LogP) is 4.47. The van der Waals surface area contributed by atoms with Gasteiger partial charge >= 0.3 is 0 Å². The van der Waals surface area contributed by atoms with Crippen molar-refractivity contribution in [2.24, 2.45) is 0 Å². The van der Waals surface area contributed by atoms with E-state index in [-0.39, 0.29) is 5.82 Å². The second kappa shape index (κ2) is 9.08. The Morgan fingerprint density at radius 3 is 2.70 bits per heavy atom. The van der Waals surface area contributed by atoms with Gasteiger partial charge in [-0.3, -0.25) is 0 Å². The summed E-state index contributed by atoms with van der Waals surface area (Å²) in [6, 6.07) is 5.65. The molecule has 2 heterocycles. The van der Waals surface area contributed by atoms with Crippen LogP contribution in [0.5, 0.6) is 0 Å². The molecule has 0 spiro atoms. The Hall–Kier alpha value is -1.57. The van der Waals surface area contributed by atoms with Crippen LogP contribution in [0.1, 0.15) is 29.7 Å². The summed E-state index contributed by atoms with van der Waals surface area (Å²) in [6.45, 7) is 4.16. The number of rotatable bonds is 5. The highest BCUT2D eigenvalue weighted by Gasteiger charge is 2.19. The fraction of sp³-hybridized carbons (Fsp3) is 0.400. The molecule has 1 fully saturated rings. The number of nitrogens with zero attached hydrogens (tertiary/aromatic N) is 3. The Labute approximate surface area is 170 Å². The van der Waals surface area contributed by atoms with Crippen LogP contribution in [-0.4, -0.2) is 47.3 Å².